The molecule has 0 aromatic heterocycles. The molecule has 2 aromatic rings. The molecule has 138 valence electrons. The first-order valence-electron chi connectivity index (χ1n) is 8.73. The lowest BCUT2D eigenvalue weighted by Crippen LogP contribution is -2.49. The zero-order valence-corrected chi connectivity index (χ0v) is 15.6. The standard InChI is InChI=1S/C20H23ClFN3O/c1-23(14-16-6-8-17(22)9-7-16)20(26)15-24-10-12-25(13-11-24)19-5-3-2-4-18(19)21/h2-9H,10-15H2,1H3. The third-order valence-corrected chi connectivity index (χ3v) is 5.00. The Labute approximate surface area is 158 Å². The maximum Gasteiger partial charge on any atom is 0.236 e. The summed E-state index contributed by atoms with van der Waals surface area (Å²) in [5.74, 6) is -0.195. The Hall–Kier alpha value is -2.11. The van der Waals surface area contributed by atoms with Gasteiger partial charge in [0.05, 0.1) is 17.3 Å². The maximum absolute atomic E-state index is 13.0. The molecule has 0 aliphatic carbocycles. The molecule has 6 heteroatoms. The van der Waals surface area contributed by atoms with Gasteiger partial charge in [-0.05, 0) is 29.8 Å². The lowest BCUT2D eigenvalue weighted by molar-refractivity contribution is -0.131. The van der Waals surface area contributed by atoms with Crippen molar-refractivity contribution in [3.8, 4) is 0 Å². The Kier molecular flexibility index (Phi) is 6.12. The summed E-state index contributed by atoms with van der Waals surface area (Å²) in [6.07, 6.45) is 0. The first-order valence-corrected chi connectivity index (χ1v) is 9.11. The second kappa shape index (κ2) is 8.52. The van der Waals surface area contributed by atoms with Gasteiger partial charge in [-0.2, -0.15) is 0 Å². The van der Waals surface area contributed by atoms with Crippen LogP contribution in [0.1, 0.15) is 5.56 Å². The van der Waals surface area contributed by atoms with Gasteiger partial charge in [-0.3, -0.25) is 9.69 Å². The second-order valence-electron chi connectivity index (χ2n) is 6.59. The van der Waals surface area contributed by atoms with Crippen molar-refractivity contribution in [1.82, 2.24) is 9.80 Å². The highest BCUT2D eigenvalue weighted by molar-refractivity contribution is 6.33. The second-order valence-corrected chi connectivity index (χ2v) is 7.00. The number of anilines is 1. The van der Waals surface area contributed by atoms with Crippen LogP contribution in [-0.4, -0.2) is 55.5 Å². The van der Waals surface area contributed by atoms with E-state index in [1.54, 1.807) is 24.1 Å². The molecule has 0 N–H and O–H groups in total. The molecular weight excluding hydrogens is 353 g/mol. The van der Waals surface area contributed by atoms with Crippen LogP contribution in [0.3, 0.4) is 0 Å². The van der Waals surface area contributed by atoms with Gasteiger partial charge in [-0.1, -0.05) is 35.9 Å². The summed E-state index contributed by atoms with van der Waals surface area (Å²) >= 11 is 6.27. The number of amides is 1. The van der Waals surface area contributed by atoms with Crippen LogP contribution in [0.25, 0.3) is 0 Å². The van der Waals surface area contributed by atoms with Gasteiger partial charge in [-0.15, -0.1) is 0 Å². The predicted molar refractivity (Wildman–Crippen MR) is 103 cm³/mol. The summed E-state index contributed by atoms with van der Waals surface area (Å²) in [5.41, 5.74) is 1.97. The van der Waals surface area contributed by atoms with E-state index in [0.717, 1.165) is 42.5 Å². The lowest BCUT2D eigenvalue weighted by atomic mass is 10.2. The number of carbonyl (C=O) groups excluding carboxylic acids is 1. The molecule has 1 heterocycles. The third kappa shape index (κ3) is 4.74. The molecule has 0 unspecified atom stereocenters. The van der Waals surface area contributed by atoms with E-state index < -0.39 is 0 Å². The monoisotopic (exact) mass is 375 g/mol. The first-order chi connectivity index (χ1) is 12.5. The zero-order chi connectivity index (χ0) is 18.5. The quantitative estimate of drug-likeness (QED) is 0.802. The molecule has 2 aromatic carbocycles. The minimum Gasteiger partial charge on any atom is -0.368 e. The topological polar surface area (TPSA) is 26.8 Å². The van der Waals surface area contributed by atoms with Crippen LogP contribution in [0.5, 0.6) is 0 Å². The molecule has 0 atom stereocenters. The van der Waals surface area contributed by atoms with Crippen molar-refractivity contribution in [2.24, 2.45) is 0 Å². The summed E-state index contributed by atoms with van der Waals surface area (Å²) in [6, 6.07) is 14.1. The summed E-state index contributed by atoms with van der Waals surface area (Å²) in [5, 5.41) is 0.760. The molecule has 0 spiro atoms. The van der Waals surface area contributed by atoms with E-state index in [2.05, 4.69) is 9.80 Å². The fourth-order valence-electron chi connectivity index (χ4n) is 3.12. The third-order valence-electron chi connectivity index (χ3n) is 4.68. The number of halogens is 2. The normalized spacial score (nSPS) is 15.1. The van der Waals surface area contributed by atoms with E-state index in [1.807, 2.05) is 24.3 Å². The molecule has 0 radical (unpaired) electrons. The van der Waals surface area contributed by atoms with Crippen LogP contribution in [0.15, 0.2) is 48.5 Å². The van der Waals surface area contributed by atoms with Gasteiger partial charge in [0.15, 0.2) is 0 Å². The van der Waals surface area contributed by atoms with Crippen LogP contribution in [0.4, 0.5) is 10.1 Å². The number of carbonyl (C=O) groups is 1. The van der Waals surface area contributed by atoms with Gasteiger partial charge in [0, 0.05) is 39.8 Å². The van der Waals surface area contributed by atoms with Crippen molar-refractivity contribution in [3.05, 3.63) is 64.9 Å². The molecule has 1 aliphatic rings. The van der Waals surface area contributed by atoms with E-state index in [-0.39, 0.29) is 11.7 Å². The molecule has 1 aliphatic heterocycles. The minimum atomic E-state index is -0.265. The number of nitrogens with zero attached hydrogens (tertiary/aromatic N) is 3. The smallest absolute Gasteiger partial charge is 0.236 e. The first kappa shape index (κ1) is 18.7. The van der Waals surface area contributed by atoms with E-state index >= 15 is 0 Å². The summed E-state index contributed by atoms with van der Waals surface area (Å²) in [4.78, 5) is 18.6. The number of benzene rings is 2. The molecule has 4 nitrogen and oxygen atoms in total. The van der Waals surface area contributed by atoms with Crippen LogP contribution in [0.2, 0.25) is 5.02 Å². The molecule has 1 saturated heterocycles. The van der Waals surface area contributed by atoms with Crippen molar-refractivity contribution >= 4 is 23.2 Å². The number of hydrogen-bond donors (Lipinski definition) is 0. The van der Waals surface area contributed by atoms with E-state index in [1.165, 1.54) is 12.1 Å². The Morgan fingerprint density at radius 1 is 1.08 bits per heavy atom. The average Bonchev–Trinajstić information content (AvgIpc) is 2.65. The Bertz CT molecular complexity index is 745. The van der Waals surface area contributed by atoms with Crippen molar-refractivity contribution in [2.45, 2.75) is 6.54 Å². The van der Waals surface area contributed by atoms with Gasteiger partial charge >= 0.3 is 0 Å². The molecular formula is C20H23ClFN3O. The molecule has 3 rings (SSSR count). The van der Waals surface area contributed by atoms with Crippen LogP contribution < -0.4 is 4.90 Å². The highest BCUT2D eigenvalue weighted by Crippen LogP contribution is 2.25. The van der Waals surface area contributed by atoms with Gasteiger partial charge < -0.3 is 9.80 Å². The summed E-state index contributed by atoms with van der Waals surface area (Å²) in [6.45, 7) is 4.22. The highest BCUT2D eigenvalue weighted by atomic mass is 35.5. The zero-order valence-electron chi connectivity index (χ0n) is 14.9. The fraction of sp³-hybridized carbons (Fsp3) is 0.350. The Morgan fingerprint density at radius 2 is 1.73 bits per heavy atom. The largest absolute Gasteiger partial charge is 0.368 e. The van der Waals surface area contributed by atoms with Crippen molar-refractivity contribution in [3.63, 3.8) is 0 Å². The van der Waals surface area contributed by atoms with Crippen molar-refractivity contribution in [2.75, 3.05) is 44.7 Å². The number of rotatable bonds is 5. The number of likely N-dealkylation sites (N-methyl/N-ethyl adjacent to an activating group) is 1. The molecule has 26 heavy (non-hydrogen) atoms. The summed E-state index contributed by atoms with van der Waals surface area (Å²) in [7, 11) is 1.78. The van der Waals surface area contributed by atoms with E-state index in [4.69, 9.17) is 11.6 Å². The molecule has 1 fully saturated rings. The summed E-state index contributed by atoms with van der Waals surface area (Å²) < 4.78 is 13.0. The van der Waals surface area contributed by atoms with Gasteiger partial charge in [-0.25, -0.2) is 4.39 Å². The number of piperazine rings is 1. The highest BCUT2D eigenvalue weighted by Gasteiger charge is 2.21. The molecule has 0 bridgehead atoms. The maximum atomic E-state index is 13.0. The van der Waals surface area contributed by atoms with E-state index in [0.29, 0.717) is 13.1 Å². The average molecular weight is 376 g/mol. The fourth-order valence-corrected chi connectivity index (χ4v) is 3.37. The number of para-hydroxylation sites is 1. The van der Waals surface area contributed by atoms with Crippen molar-refractivity contribution < 1.29 is 9.18 Å². The van der Waals surface area contributed by atoms with Gasteiger partial charge in [0.1, 0.15) is 5.82 Å². The Balaban J connectivity index is 1.48. The van der Waals surface area contributed by atoms with Crippen molar-refractivity contribution in [1.29, 1.82) is 0 Å². The molecule has 1 amide bonds. The molecule has 0 saturated carbocycles. The SMILES string of the molecule is CN(Cc1ccc(F)cc1)C(=O)CN1CCN(c2ccccc2Cl)CC1. The Morgan fingerprint density at radius 3 is 2.38 bits per heavy atom. The van der Waals surface area contributed by atoms with E-state index in [9.17, 15) is 9.18 Å². The lowest BCUT2D eigenvalue weighted by Gasteiger charge is -2.36. The predicted octanol–water partition coefficient (Wildman–Crippen LogP) is 3.26. The van der Waals surface area contributed by atoms with Crippen LogP contribution in [-0.2, 0) is 11.3 Å². The number of hydrogen-bond acceptors (Lipinski definition) is 3. The minimum absolute atomic E-state index is 0.0699. The van der Waals surface area contributed by atoms with Gasteiger partial charge in [0.25, 0.3) is 0 Å². The van der Waals surface area contributed by atoms with Crippen LogP contribution >= 0.6 is 11.6 Å². The van der Waals surface area contributed by atoms with Crippen LogP contribution in [0, 0.1) is 5.82 Å². The van der Waals surface area contributed by atoms with Gasteiger partial charge in [0.2, 0.25) is 5.91 Å².